The number of para-hydroxylation sites is 2. The fraction of sp³-hybridized carbons (Fsp3) is 0.175. The average Bonchev–Trinajstić information content (AvgIpc) is 3.62. The number of hydrogen-bond donors (Lipinski definition) is 0. The minimum Gasteiger partial charge on any atom is -0.311 e. The van der Waals surface area contributed by atoms with Gasteiger partial charge >= 0.3 is 0 Å². The molecule has 0 bridgehead atoms. The lowest BCUT2D eigenvalue weighted by Crippen LogP contribution is -2.37. The van der Waals surface area contributed by atoms with Gasteiger partial charge in [-0.05, 0) is 130 Å². The zero-order valence-corrected chi connectivity index (χ0v) is 42.6. The van der Waals surface area contributed by atoms with Gasteiger partial charge in [-0.1, -0.05) is 209 Å². The van der Waals surface area contributed by atoms with Gasteiger partial charge in [-0.15, -0.1) is 0 Å². The minimum atomic E-state index is -1.40. The number of fused-ring (bicyclic) bond motifs is 3. The largest absolute Gasteiger partial charge is 0.311 e. The van der Waals surface area contributed by atoms with E-state index in [-0.39, 0.29) is 5.41 Å². The van der Waals surface area contributed by atoms with Crippen LogP contribution in [0.2, 0.25) is 39.3 Å². The summed E-state index contributed by atoms with van der Waals surface area (Å²) in [6.07, 6.45) is 11.2. The summed E-state index contributed by atoms with van der Waals surface area (Å²) in [5.41, 5.74) is 17.3. The highest BCUT2D eigenvalue weighted by molar-refractivity contribution is 6.89. The Morgan fingerprint density at radius 1 is 0.343 bits per heavy atom. The molecular formula is C63H64N2Si2. The molecule has 0 amide bonds. The minimum absolute atomic E-state index is 0.0377. The summed E-state index contributed by atoms with van der Waals surface area (Å²) in [4.78, 5) is 4.70. The Kier molecular flexibility index (Phi) is 12.8. The summed E-state index contributed by atoms with van der Waals surface area (Å²) in [6.45, 7) is 19.1. The predicted molar refractivity (Wildman–Crippen MR) is 299 cm³/mol. The van der Waals surface area contributed by atoms with Crippen LogP contribution in [-0.4, -0.2) is 16.1 Å². The molecule has 8 aromatic carbocycles. The molecule has 8 aromatic rings. The van der Waals surface area contributed by atoms with Crippen molar-refractivity contribution in [1.29, 1.82) is 0 Å². The van der Waals surface area contributed by atoms with Crippen molar-refractivity contribution in [1.82, 2.24) is 0 Å². The second-order valence-electron chi connectivity index (χ2n) is 20.2. The van der Waals surface area contributed by atoms with Crippen LogP contribution in [0.3, 0.4) is 0 Å². The van der Waals surface area contributed by atoms with Crippen LogP contribution in [0.25, 0.3) is 35.4 Å². The fourth-order valence-electron chi connectivity index (χ4n) is 9.87. The lowest BCUT2D eigenvalue weighted by atomic mass is 9.73. The van der Waals surface area contributed by atoms with Crippen molar-refractivity contribution in [3.63, 3.8) is 0 Å². The van der Waals surface area contributed by atoms with Crippen molar-refractivity contribution in [3.8, 4) is 11.1 Å². The maximum absolute atomic E-state index is 2.45. The van der Waals surface area contributed by atoms with Gasteiger partial charge in [0, 0.05) is 39.5 Å². The van der Waals surface area contributed by atoms with Gasteiger partial charge in [0.2, 0.25) is 0 Å². The lowest BCUT2D eigenvalue weighted by molar-refractivity contribution is 0.490. The quantitative estimate of drug-likeness (QED) is 0.0792. The van der Waals surface area contributed by atoms with Gasteiger partial charge in [0.15, 0.2) is 0 Å². The second-order valence-corrected chi connectivity index (χ2v) is 30.3. The molecular weight excluding hydrogens is 841 g/mol. The molecule has 2 nitrogen and oxygen atoms in total. The van der Waals surface area contributed by atoms with Crippen LogP contribution in [-0.2, 0) is 5.41 Å². The number of benzene rings is 8. The third kappa shape index (κ3) is 9.47. The van der Waals surface area contributed by atoms with Crippen LogP contribution in [0.1, 0.15) is 60.1 Å². The molecule has 0 aliphatic heterocycles. The van der Waals surface area contributed by atoms with Crippen molar-refractivity contribution >= 4 is 84.9 Å². The monoisotopic (exact) mass is 904 g/mol. The Balaban J connectivity index is 0.934. The van der Waals surface area contributed by atoms with Crippen LogP contribution in [0.4, 0.5) is 34.1 Å². The van der Waals surface area contributed by atoms with E-state index in [1.165, 1.54) is 66.3 Å². The Morgan fingerprint density at radius 3 is 0.940 bits per heavy atom. The van der Waals surface area contributed by atoms with E-state index < -0.39 is 16.1 Å². The first kappa shape index (κ1) is 45.4. The molecule has 0 unspecified atom stereocenters. The first-order chi connectivity index (χ1) is 32.3. The first-order valence-electron chi connectivity index (χ1n) is 24.1. The highest BCUT2D eigenvalue weighted by Gasteiger charge is 2.40. The van der Waals surface area contributed by atoms with E-state index in [0.717, 1.165) is 35.6 Å². The van der Waals surface area contributed by atoms with Crippen molar-refractivity contribution in [2.24, 2.45) is 0 Å². The first-order valence-corrected chi connectivity index (χ1v) is 31.1. The third-order valence-electron chi connectivity index (χ3n) is 13.9. The van der Waals surface area contributed by atoms with Gasteiger partial charge in [-0.2, -0.15) is 0 Å². The Hall–Kier alpha value is -6.73. The van der Waals surface area contributed by atoms with Gasteiger partial charge < -0.3 is 9.80 Å². The van der Waals surface area contributed by atoms with Crippen molar-refractivity contribution in [2.75, 3.05) is 9.80 Å². The third-order valence-corrected chi connectivity index (χ3v) is 18.0. The molecule has 0 saturated carbocycles. The second kappa shape index (κ2) is 18.9. The van der Waals surface area contributed by atoms with Crippen LogP contribution in [0.5, 0.6) is 0 Å². The molecule has 67 heavy (non-hydrogen) atoms. The highest BCUT2D eigenvalue weighted by atomic mass is 28.3. The van der Waals surface area contributed by atoms with E-state index in [1.807, 2.05) is 0 Å². The van der Waals surface area contributed by atoms with Gasteiger partial charge in [0.05, 0.1) is 16.1 Å². The van der Waals surface area contributed by atoms with Gasteiger partial charge in [-0.25, -0.2) is 0 Å². The molecule has 9 rings (SSSR count). The molecule has 0 fully saturated rings. The lowest BCUT2D eigenvalue weighted by Gasteiger charge is -2.30. The molecule has 0 atom stereocenters. The molecule has 0 radical (unpaired) electrons. The van der Waals surface area contributed by atoms with Gasteiger partial charge in [0.25, 0.3) is 0 Å². The molecule has 4 heteroatoms. The summed E-state index contributed by atoms with van der Waals surface area (Å²) >= 11 is 0. The molecule has 0 saturated heterocycles. The standard InChI is InChI=1S/C63H64N2Si2/c1-9-63(10-2)61-45-49(23-21-47-25-31-53(32-26-47)64(51-17-13-11-14-18-51)55-35-39-57(40-36-55)66(3,4)5)29-43-59(61)60-44-30-50(46-62(60)63)24-22-48-27-33-54(34-28-48)65(52-19-15-12-16-20-52)56-37-41-58(42-38-56)67(6,7)8/h11-46H,9-10H2,1-8H3/b23-21+,24-22+. The van der Waals surface area contributed by atoms with Crippen LogP contribution >= 0.6 is 0 Å². The van der Waals surface area contributed by atoms with Crippen molar-refractivity contribution in [3.05, 3.63) is 228 Å². The zero-order valence-electron chi connectivity index (χ0n) is 40.6. The molecule has 334 valence electrons. The molecule has 0 spiro atoms. The Morgan fingerprint density at radius 2 is 0.627 bits per heavy atom. The summed E-state index contributed by atoms with van der Waals surface area (Å²) in [6, 6.07) is 71.8. The van der Waals surface area contributed by atoms with Crippen molar-refractivity contribution < 1.29 is 0 Å². The number of rotatable bonds is 14. The average molecular weight is 905 g/mol. The zero-order chi connectivity index (χ0) is 46.8. The molecule has 0 aromatic heterocycles. The maximum atomic E-state index is 2.45. The van der Waals surface area contributed by atoms with Crippen molar-refractivity contribution in [2.45, 2.75) is 71.4 Å². The Bertz CT molecular complexity index is 2800. The van der Waals surface area contributed by atoms with Crippen LogP contribution < -0.4 is 20.2 Å². The SMILES string of the molecule is CCC1(CC)c2cc(/C=C/c3ccc(N(c4ccccc4)c4ccc([Si](C)(C)C)cc4)cc3)ccc2-c2ccc(/C=C/c3ccc(N(c4ccccc4)c4ccc([Si](C)(C)C)cc4)cc3)cc21. The fourth-order valence-corrected chi connectivity index (χ4v) is 12.2. The topological polar surface area (TPSA) is 6.48 Å². The van der Waals surface area contributed by atoms with E-state index in [4.69, 9.17) is 0 Å². The summed E-state index contributed by atoms with van der Waals surface area (Å²) in [5, 5.41) is 2.94. The van der Waals surface area contributed by atoms with Gasteiger partial charge in [0.1, 0.15) is 0 Å². The number of hydrogen-bond acceptors (Lipinski definition) is 2. The molecule has 1 aliphatic rings. The van der Waals surface area contributed by atoms with E-state index in [9.17, 15) is 0 Å². The summed E-state index contributed by atoms with van der Waals surface area (Å²) in [5.74, 6) is 0. The molecule has 0 heterocycles. The Labute approximate surface area is 402 Å². The van der Waals surface area contributed by atoms with Crippen LogP contribution in [0.15, 0.2) is 194 Å². The van der Waals surface area contributed by atoms with E-state index >= 15 is 0 Å². The van der Waals surface area contributed by atoms with Gasteiger partial charge in [-0.3, -0.25) is 0 Å². The summed E-state index contributed by atoms with van der Waals surface area (Å²) < 4.78 is 0. The molecule has 1 aliphatic carbocycles. The highest BCUT2D eigenvalue weighted by Crippen LogP contribution is 2.53. The van der Waals surface area contributed by atoms with Crippen LogP contribution in [0, 0.1) is 0 Å². The number of nitrogens with zero attached hydrogens (tertiary/aromatic N) is 2. The summed E-state index contributed by atoms with van der Waals surface area (Å²) in [7, 11) is -2.80. The van der Waals surface area contributed by atoms with E-state index in [1.54, 1.807) is 0 Å². The number of anilines is 6. The predicted octanol–water partition coefficient (Wildman–Crippen LogP) is 17.1. The van der Waals surface area contributed by atoms with E-state index in [2.05, 4.69) is 281 Å². The van der Waals surface area contributed by atoms with E-state index in [0.29, 0.717) is 0 Å². The normalized spacial score (nSPS) is 13.2. The maximum Gasteiger partial charge on any atom is 0.0775 e. The molecule has 0 N–H and O–H groups in total. The smallest absolute Gasteiger partial charge is 0.0775 e.